The standard InChI is InChI=1S/C30H32F5N5O.ClH/c31-22-3-1-19(2-4-22)20-6-9-40(10-7-20)24-5-8-29(15-24,26-14-25(26)27-37-17-38-39-27)28(41)36-16-18-11-21(30(33,34)35)13-23(32)12-18;/h1-4,11-13,17,20,24-26H,5-10,14-16H2,(H,36,41)(H,37,38,39);1H. The number of alkyl halides is 3. The summed E-state index contributed by atoms with van der Waals surface area (Å²) >= 11 is 0. The van der Waals surface area contributed by atoms with Crippen LogP contribution in [0.3, 0.4) is 0 Å². The Balaban J connectivity index is 0.00000353. The summed E-state index contributed by atoms with van der Waals surface area (Å²) < 4.78 is 67.0. The molecule has 4 unspecified atom stereocenters. The first-order valence-corrected chi connectivity index (χ1v) is 14.1. The Morgan fingerprint density at radius 2 is 1.79 bits per heavy atom. The second kappa shape index (κ2) is 11.9. The second-order valence-electron chi connectivity index (χ2n) is 11.8. The smallest absolute Gasteiger partial charge is 0.352 e. The number of H-pyrrole nitrogens is 1. The van der Waals surface area contributed by atoms with Crippen LogP contribution in [0.2, 0.25) is 0 Å². The first-order chi connectivity index (χ1) is 19.6. The molecule has 1 aromatic heterocycles. The van der Waals surface area contributed by atoms with Gasteiger partial charge < -0.3 is 10.2 Å². The lowest BCUT2D eigenvalue weighted by atomic mass is 9.78. The number of hydrogen-bond acceptors (Lipinski definition) is 4. The van der Waals surface area contributed by atoms with Crippen molar-refractivity contribution in [1.29, 1.82) is 0 Å². The first-order valence-electron chi connectivity index (χ1n) is 14.1. The molecule has 226 valence electrons. The Bertz CT molecular complexity index is 1380. The van der Waals surface area contributed by atoms with Crippen molar-refractivity contribution >= 4 is 18.3 Å². The van der Waals surface area contributed by atoms with Crippen LogP contribution in [0.15, 0.2) is 48.8 Å². The summed E-state index contributed by atoms with van der Waals surface area (Å²) in [5.74, 6) is -0.220. The molecule has 2 heterocycles. The maximum Gasteiger partial charge on any atom is 0.416 e. The van der Waals surface area contributed by atoms with Crippen LogP contribution < -0.4 is 5.32 Å². The SMILES string of the molecule is Cl.O=C(NCc1cc(F)cc(C(F)(F)F)c1)C1(C2CC2c2ncn[nH]2)CCC(N2CCC(c3ccc(F)cc3)CC2)C1. The van der Waals surface area contributed by atoms with Gasteiger partial charge in [0.1, 0.15) is 23.8 Å². The van der Waals surface area contributed by atoms with E-state index in [2.05, 4.69) is 25.4 Å². The zero-order valence-corrected chi connectivity index (χ0v) is 23.7. The van der Waals surface area contributed by atoms with Crippen LogP contribution in [-0.4, -0.2) is 45.1 Å². The minimum atomic E-state index is -4.68. The zero-order valence-electron chi connectivity index (χ0n) is 22.8. The fourth-order valence-corrected chi connectivity index (χ4v) is 7.18. The van der Waals surface area contributed by atoms with Crippen molar-refractivity contribution in [2.24, 2.45) is 11.3 Å². The molecule has 0 bridgehead atoms. The van der Waals surface area contributed by atoms with Crippen molar-refractivity contribution in [2.45, 2.75) is 69.1 Å². The average Bonchev–Trinajstić information content (AvgIpc) is 3.35. The molecule has 3 aliphatic rings. The number of amides is 1. The van der Waals surface area contributed by atoms with E-state index >= 15 is 0 Å². The van der Waals surface area contributed by atoms with E-state index in [0.717, 1.165) is 62.3 Å². The fraction of sp³-hybridized carbons (Fsp3) is 0.500. The van der Waals surface area contributed by atoms with Gasteiger partial charge in [0.2, 0.25) is 5.91 Å². The van der Waals surface area contributed by atoms with E-state index in [9.17, 15) is 26.7 Å². The maximum absolute atomic E-state index is 14.0. The molecule has 1 aliphatic heterocycles. The zero-order chi connectivity index (χ0) is 28.8. The lowest BCUT2D eigenvalue weighted by Crippen LogP contribution is -2.44. The summed E-state index contributed by atoms with van der Waals surface area (Å²) in [7, 11) is 0. The Labute approximate surface area is 246 Å². The molecule has 3 aromatic rings. The van der Waals surface area contributed by atoms with Gasteiger partial charge >= 0.3 is 6.18 Å². The van der Waals surface area contributed by atoms with E-state index in [0.29, 0.717) is 24.8 Å². The summed E-state index contributed by atoms with van der Waals surface area (Å²) in [4.78, 5) is 20.6. The number of rotatable bonds is 7. The quantitative estimate of drug-likeness (QED) is 0.306. The summed E-state index contributed by atoms with van der Waals surface area (Å²) in [6.07, 6.45) is 1.59. The summed E-state index contributed by atoms with van der Waals surface area (Å²) in [6.45, 7) is 1.57. The number of halogens is 6. The van der Waals surface area contributed by atoms with Crippen LogP contribution in [0.25, 0.3) is 0 Å². The highest BCUT2D eigenvalue weighted by atomic mass is 35.5. The van der Waals surface area contributed by atoms with Crippen molar-refractivity contribution in [3.8, 4) is 0 Å². The minimum absolute atomic E-state index is 0. The molecular formula is C30H33ClF5N5O. The van der Waals surface area contributed by atoms with Gasteiger partial charge in [0.15, 0.2) is 0 Å². The van der Waals surface area contributed by atoms with Crippen molar-refractivity contribution < 1.29 is 26.7 Å². The average molecular weight is 610 g/mol. The molecule has 1 amide bonds. The van der Waals surface area contributed by atoms with E-state index < -0.39 is 23.0 Å². The van der Waals surface area contributed by atoms with E-state index in [1.54, 1.807) is 0 Å². The topological polar surface area (TPSA) is 73.9 Å². The van der Waals surface area contributed by atoms with Gasteiger partial charge in [0.25, 0.3) is 0 Å². The van der Waals surface area contributed by atoms with Crippen LogP contribution in [0.5, 0.6) is 0 Å². The highest BCUT2D eigenvalue weighted by Gasteiger charge is 2.61. The number of benzene rings is 2. The molecule has 6 rings (SSSR count). The third-order valence-corrected chi connectivity index (χ3v) is 9.39. The van der Waals surface area contributed by atoms with Crippen molar-refractivity contribution in [1.82, 2.24) is 25.4 Å². The molecule has 6 nitrogen and oxygen atoms in total. The Hall–Kier alpha value is -3.05. The Morgan fingerprint density at radius 1 is 1.05 bits per heavy atom. The van der Waals surface area contributed by atoms with E-state index in [-0.39, 0.29) is 54.1 Å². The molecule has 12 heteroatoms. The van der Waals surface area contributed by atoms with Crippen molar-refractivity contribution in [2.75, 3.05) is 13.1 Å². The Kier molecular flexibility index (Phi) is 8.63. The van der Waals surface area contributed by atoms with E-state index in [1.807, 2.05) is 12.1 Å². The predicted molar refractivity (Wildman–Crippen MR) is 148 cm³/mol. The number of likely N-dealkylation sites (tertiary alicyclic amines) is 1. The molecule has 1 saturated heterocycles. The lowest BCUT2D eigenvalue weighted by molar-refractivity contribution is -0.137. The number of aromatic nitrogens is 3. The summed E-state index contributed by atoms with van der Waals surface area (Å²) in [6, 6.07) is 9.28. The number of carbonyl (C=O) groups excluding carboxylic acids is 1. The molecule has 0 spiro atoms. The largest absolute Gasteiger partial charge is 0.416 e. The molecule has 0 radical (unpaired) electrons. The van der Waals surface area contributed by atoms with Crippen LogP contribution in [-0.2, 0) is 17.5 Å². The van der Waals surface area contributed by atoms with Crippen LogP contribution >= 0.6 is 12.4 Å². The van der Waals surface area contributed by atoms with E-state index in [1.165, 1.54) is 18.5 Å². The van der Waals surface area contributed by atoms with Gasteiger partial charge in [0, 0.05) is 18.5 Å². The molecule has 4 atom stereocenters. The number of nitrogens with one attached hydrogen (secondary N) is 2. The number of hydrogen-bond donors (Lipinski definition) is 2. The highest BCUT2D eigenvalue weighted by Crippen LogP contribution is 2.62. The molecule has 2 saturated carbocycles. The third kappa shape index (κ3) is 6.17. The Morgan fingerprint density at radius 3 is 2.45 bits per heavy atom. The molecule has 2 aliphatic carbocycles. The molecular weight excluding hydrogens is 577 g/mol. The van der Waals surface area contributed by atoms with Gasteiger partial charge in [-0.05, 0) is 105 Å². The molecule has 42 heavy (non-hydrogen) atoms. The van der Waals surface area contributed by atoms with Gasteiger partial charge in [-0.1, -0.05) is 12.1 Å². The number of aromatic amines is 1. The normalized spacial score (nSPS) is 26.5. The van der Waals surface area contributed by atoms with Crippen LogP contribution in [0.4, 0.5) is 22.0 Å². The van der Waals surface area contributed by atoms with Gasteiger partial charge in [-0.25, -0.2) is 13.8 Å². The van der Waals surface area contributed by atoms with Crippen LogP contribution in [0.1, 0.15) is 72.9 Å². The molecule has 2 N–H and O–H groups in total. The van der Waals surface area contributed by atoms with Gasteiger partial charge in [-0.15, -0.1) is 12.4 Å². The second-order valence-corrected chi connectivity index (χ2v) is 11.8. The lowest BCUT2D eigenvalue weighted by Gasteiger charge is -2.37. The van der Waals surface area contributed by atoms with E-state index in [4.69, 9.17) is 0 Å². The first kappa shape index (κ1) is 30.4. The fourth-order valence-electron chi connectivity index (χ4n) is 7.18. The summed E-state index contributed by atoms with van der Waals surface area (Å²) in [5, 5.41) is 9.74. The monoisotopic (exact) mass is 609 g/mol. The third-order valence-electron chi connectivity index (χ3n) is 9.39. The van der Waals surface area contributed by atoms with Gasteiger partial charge in [-0.3, -0.25) is 9.89 Å². The van der Waals surface area contributed by atoms with Gasteiger partial charge in [0.05, 0.1) is 11.0 Å². The van der Waals surface area contributed by atoms with Gasteiger partial charge in [-0.2, -0.15) is 18.3 Å². The molecule has 3 fully saturated rings. The summed E-state index contributed by atoms with van der Waals surface area (Å²) in [5.41, 5.74) is -0.559. The van der Waals surface area contributed by atoms with Crippen molar-refractivity contribution in [3.63, 3.8) is 0 Å². The predicted octanol–water partition coefficient (Wildman–Crippen LogP) is 6.36. The molecule has 2 aromatic carbocycles. The van der Waals surface area contributed by atoms with Crippen molar-refractivity contribution in [3.05, 3.63) is 82.9 Å². The maximum atomic E-state index is 14.0. The number of piperidine rings is 1. The minimum Gasteiger partial charge on any atom is -0.352 e. The van der Waals surface area contributed by atoms with Crippen LogP contribution in [0, 0.1) is 23.0 Å². The number of carbonyl (C=O) groups is 1. The number of nitrogens with zero attached hydrogens (tertiary/aromatic N) is 3. The highest BCUT2D eigenvalue weighted by molar-refractivity contribution is 5.85.